The molecule has 1 atom stereocenters. The molecule has 78 valence electrons. The molecule has 0 bridgehead atoms. The number of ether oxygens (including phenoxy) is 1. The van der Waals surface area contributed by atoms with Crippen LogP contribution in [0.15, 0.2) is 0 Å². The molecule has 1 aliphatic rings. The summed E-state index contributed by atoms with van der Waals surface area (Å²) < 4.78 is 5.39. The predicted molar refractivity (Wildman–Crippen MR) is 55.9 cm³/mol. The SMILES string of the molecule is CO[C@@H]1CCCN(CC(C)(C)C)C1. The van der Waals surface area contributed by atoms with Crippen molar-refractivity contribution in [2.24, 2.45) is 5.41 Å². The van der Waals surface area contributed by atoms with Crippen LogP contribution >= 0.6 is 0 Å². The minimum atomic E-state index is 0.412. The molecule has 1 rings (SSSR count). The van der Waals surface area contributed by atoms with Crippen molar-refractivity contribution in [2.75, 3.05) is 26.7 Å². The zero-order valence-electron chi connectivity index (χ0n) is 9.47. The molecule has 0 N–H and O–H groups in total. The molecule has 0 aliphatic carbocycles. The first kappa shape index (κ1) is 11.0. The average Bonchev–Trinajstić information content (AvgIpc) is 2.01. The standard InChI is InChI=1S/C11H23NO/c1-11(2,3)9-12-7-5-6-10(8-12)13-4/h10H,5-9H2,1-4H3/t10-/m1/s1. The summed E-state index contributed by atoms with van der Waals surface area (Å²) in [5.41, 5.74) is 0.412. The molecule has 0 aromatic carbocycles. The van der Waals surface area contributed by atoms with Crippen LogP contribution in [-0.2, 0) is 4.74 Å². The number of hydrogen-bond acceptors (Lipinski definition) is 2. The minimum Gasteiger partial charge on any atom is -0.380 e. The maximum Gasteiger partial charge on any atom is 0.0698 e. The molecule has 1 fully saturated rings. The lowest BCUT2D eigenvalue weighted by Gasteiger charge is -2.35. The normalized spacial score (nSPS) is 26.3. The number of hydrogen-bond donors (Lipinski definition) is 0. The number of nitrogens with zero attached hydrogens (tertiary/aromatic N) is 1. The molecule has 1 aliphatic heterocycles. The van der Waals surface area contributed by atoms with Gasteiger partial charge in [0.05, 0.1) is 6.10 Å². The fraction of sp³-hybridized carbons (Fsp3) is 1.00. The van der Waals surface area contributed by atoms with Gasteiger partial charge in [-0.1, -0.05) is 20.8 Å². The zero-order valence-corrected chi connectivity index (χ0v) is 9.47. The molecule has 1 saturated heterocycles. The predicted octanol–water partition coefficient (Wildman–Crippen LogP) is 2.14. The first-order valence-corrected chi connectivity index (χ1v) is 5.26. The Hall–Kier alpha value is -0.0800. The number of methoxy groups -OCH3 is 1. The molecule has 1 heterocycles. The fourth-order valence-electron chi connectivity index (χ4n) is 2.02. The molecule has 0 unspecified atom stereocenters. The van der Waals surface area contributed by atoms with Crippen molar-refractivity contribution < 1.29 is 4.74 Å². The van der Waals surface area contributed by atoms with Crippen molar-refractivity contribution in [3.8, 4) is 0 Å². The van der Waals surface area contributed by atoms with Gasteiger partial charge in [-0.3, -0.25) is 0 Å². The van der Waals surface area contributed by atoms with E-state index in [0.717, 1.165) is 6.54 Å². The highest BCUT2D eigenvalue weighted by molar-refractivity contribution is 4.76. The van der Waals surface area contributed by atoms with Crippen LogP contribution in [0.2, 0.25) is 0 Å². The number of piperidine rings is 1. The van der Waals surface area contributed by atoms with Gasteiger partial charge in [-0.05, 0) is 24.8 Å². The Kier molecular flexibility index (Phi) is 3.74. The maximum absolute atomic E-state index is 5.39. The minimum absolute atomic E-state index is 0.412. The Labute approximate surface area is 82.3 Å². The van der Waals surface area contributed by atoms with E-state index in [0.29, 0.717) is 11.5 Å². The summed E-state index contributed by atoms with van der Waals surface area (Å²) in [7, 11) is 1.82. The summed E-state index contributed by atoms with van der Waals surface area (Å²) in [6.45, 7) is 10.4. The monoisotopic (exact) mass is 185 g/mol. The third-order valence-corrected chi connectivity index (χ3v) is 2.49. The van der Waals surface area contributed by atoms with Gasteiger partial charge >= 0.3 is 0 Å². The van der Waals surface area contributed by atoms with E-state index in [1.165, 1.54) is 25.9 Å². The summed E-state index contributed by atoms with van der Waals surface area (Å²) >= 11 is 0. The smallest absolute Gasteiger partial charge is 0.0698 e. The highest BCUT2D eigenvalue weighted by atomic mass is 16.5. The van der Waals surface area contributed by atoms with Crippen LogP contribution in [0.3, 0.4) is 0 Å². The van der Waals surface area contributed by atoms with Crippen LogP contribution in [0, 0.1) is 5.41 Å². The van der Waals surface area contributed by atoms with Gasteiger partial charge in [0.1, 0.15) is 0 Å². The Morgan fingerprint density at radius 3 is 2.62 bits per heavy atom. The van der Waals surface area contributed by atoms with Gasteiger partial charge in [-0.2, -0.15) is 0 Å². The Morgan fingerprint density at radius 1 is 1.38 bits per heavy atom. The van der Waals surface area contributed by atoms with Gasteiger partial charge in [0.25, 0.3) is 0 Å². The van der Waals surface area contributed by atoms with Gasteiger partial charge in [-0.15, -0.1) is 0 Å². The van der Waals surface area contributed by atoms with Crippen molar-refractivity contribution in [3.63, 3.8) is 0 Å². The number of rotatable bonds is 2. The third-order valence-electron chi connectivity index (χ3n) is 2.49. The highest BCUT2D eigenvalue weighted by Crippen LogP contribution is 2.19. The van der Waals surface area contributed by atoms with Crippen molar-refractivity contribution in [1.82, 2.24) is 4.90 Å². The van der Waals surface area contributed by atoms with E-state index in [4.69, 9.17) is 4.74 Å². The maximum atomic E-state index is 5.39. The lowest BCUT2D eigenvalue weighted by atomic mass is 9.94. The Bertz CT molecular complexity index is 151. The summed E-state index contributed by atoms with van der Waals surface area (Å²) in [4.78, 5) is 2.53. The van der Waals surface area contributed by atoms with E-state index >= 15 is 0 Å². The zero-order chi connectivity index (χ0) is 9.90. The second kappa shape index (κ2) is 4.43. The van der Waals surface area contributed by atoms with Gasteiger partial charge < -0.3 is 9.64 Å². The first-order valence-electron chi connectivity index (χ1n) is 5.26. The highest BCUT2D eigenvalue weighted by Gasteiger charge is 2.23. The van der Waals surface area contributed by atoms with Crippen LogP contribution < -0.4 is 0 Å². The van der Waals surface area contributed by atoms with E-state index in [1.54, 1.807) is 0 Å². The lowest BCUT2D eigenvalue weighted by molar-refractivity contribution is 0.0203. The van der Waals surface area contributed by atoms with Crippen LogP contribution in [0.25, 0.3) is 0 Å². The van der Waals surface area contributed by atoms with Crippen LogP contribution in [0.5, 0.6) is 0 Å². The largest absolute Gasteiger partial charge is 0.380 e. The van der Waals surface area contributed by atoms with E-state index in [1.807, 2.05) is 7.11 Å². The second-order valence-electron chi connectivity index (χ2n) is 5.30. The summed E-state index contributed by atoms with van der Waals surface area (Å²) in [5, 5.41) is 0. The molecular formula is C11H23NO. The molecular weight excluding hydrogens is 162 g/mol. The summed E-state index contributed by atoms with van der Waals surface area (Å²) in [6, 6.07) is 0. The fourth-order valence-corrected chi connectivity index (χ4v) is 2.02. The molecule has 0 aromatic heterocycles. The first-order chi connectivity index (χ1) is 6.01. The Balaban J connectivity index is 2.34. The second-order valence-corrected chi connectivity index (χ2v) is 5.30. The summed E-state index contributed by atoms with van der Waals surface area (Å²) in [6.07, 6.45) is 2.99. The third kappa shape index (κ3) is 4.10. The van der Waals surface area contributed by atoms with Crippen LogP contribution in [-0.4, -0.2) is 37.7 Å². The van der Waals surface area contributed by atoms with Crippen molar-refractivity contribution >= 4 is 0 Å². The summed E-state index contributed by atoms with van der Waals surface area (Å²) in [5.74, 6) is 0. The topological polar surface area (TPSA) is 12.5 Å². The van der Waals surface area contributed by atoms with Crippen molar-refractivity contribution in [1.29, 1.82) is 0 Å². The number of likely N-dealkylation sites (tertiary alicyclic amines) is 1. The molecule has 2 heteroatoms. The van der Waals surface area contributed by atoms with Gasteiger partial charge in [0.2, 0.25) is 0 Å². The van der Waals surface area contributed by atoms with Crippen LogP contribution in [0.4, 0.5) is 0 Å². The van der Waals surface area contributed by atoms with E-state index in [9.17, 15) is 0 Å². The molecule has 0 aromatic rings. The van der Waals surface area contributed by atoms with Crippen molar-refractivity contribution in [3.05, 3.63) is 0 Å². The lowest BCUT2D eigenvalue weighted by Crippen LogP contribution is -2.43. The van der Waals surface area contributed by atoms with Gasteiger partial charge in [-0.25, -0.2) is 0 Å². The molecule has 0 spiro atoms. The molecule has 2 nitrogen and oxygen atoms in total. The van der Waals surface area contributed by atoms with Gasteiger partial charge in [0.15, 0.2) is 0 Å². The molecule has 0 saturated carbocycles. The van der Waals surface area contributed by atoms with E-state index in [-0.39, 0.29) is 0 Å². The molecule has 0 amide bonds. The molecule has 0 radical (unpaired) electrons. The van der Waals surface area contributed by atoms with Gasteiger partial charge in [0, 0.05) is 20.2 Å². The quantitative estimate of drug-likeness (QED) is 0.653. The van der Waals surface area contributed by atoms with Crippen LogP contribution in [0.1, 0.15) is 33.6 Å². The van der Waals surface area contributed by atoms with E-state index in [2.05, 4.69) is 25.7 Å². The Morgan fingerprint density at radius 2 is 2.08 bits per heavy atom. The van der Waals surface area contributed by atoms with E-state index < -0.39 is 0 Å². The average molecular weight is 185 g/mol. The molecule has 13 heavy (non-hydrogen) atoms. The van der Waals surface area contributed by atoms with Crippen molar-refractivity contribution in [2.45, 2.75) is 39.7 Å².